The van der Waals surface area contributed by atoms with Crippen LogP contribution in [0.4, 0.5) is 4.39 Å². The van der Waals surface area contributed by atoms with Crippen molar-refractivity contribution in [2.75, 3.05) is 20.2 Å². The van der Waals surface area contributed by atoms with Crippen LogP contribution in [0.5, 0.6) is 5.75 Å². The smallest absolute Gasteiger partial charge is 0.246 e. The fourth-order valence-corrected chi connectivity index (χ4v) is 5.21. The second kappa shape index (κ2) is 8.92. The number of hydrogen-bond acceptors (Lipinski definition) is 4. The minimum absolute atomic E-state index is 0.0509. The maximum atomic E-state index is 13.7. The minimum atomic E-state index is -3.99. The summed E-state index contributed by atoms with van der Waals surface area (Å²) in [5, 5.41) is 2.96. The van der Waals surface area contributed by atoms with E-state index in [1.165, 1.54) is 17.5 Å². The predicted molar refractivity (Wildman–Crippen MR) is 107 cm³/mol. The van der Waals surface area contributed by atoms with Crippen LogP contribution in [0.1, 0.15) is 31.4 Å². The first kappa shape index (κ1) is 21.3. The molecular formula is C21H25FN2O4S. The number of rotatable bonds is 6. The number of methoxy groups -OCH3 is 1. The molecule has 0 spiro atoms. The van der Waals surface area contributed by atoms with Crippen LogP contribution in [-0.4, -0.2) is 38.8 Å². The molecule has 0 aliphatic carbocycles. The van der Waals surface area contributed by atoms with Crippen LogP contribution in [-0.2, 0) is 14.8 Å². The summed E-state index contributed by atoms with van der Waals surface area (Å²) >= 11 is 0. The van der Waals surface area contributed by atoms with Crippen molar-refractivity contribution in [3.63, 3.8) is 0 Å². The highest BCUT2D eigenvalue weighted by Gasteiger charge is 2.35. The van der Waals surface area contributed by atoms with E-state index in [4.69, 9.17) is 4.74 Å². The Hall–Kier alpha value is -2.45. The zero-order chi connectivity index (χ0) is 21.0. The standard InChI is InChI=1S/C21H25FN2O4S/c1-15(16-7-4-3-5-8-16)23-21(25)17-9-6-12-24(14-17)29(26,27)20-13-18(22)10-11-19(20)28-2/h3-5,7-8,10-11,13,15,17H,6,9,12,14H2,1-2H3,(H,23,25)/t15-,17-/m1/s1. The molecule has 1 amide bonds. The second-order valence-electron chi connectivity index (χ2n) is 7.14. The maximum absolute atomic E-state index is 13.7. The van der Waals surface area contributed by atoms with Gasteiger partial charge in [-0.3, -0.25) is 4.79 Å². The Morgan fingerprint density at radius 3 is 2.66 bits per heavy atom. The number of benzene rings is 2. The third kappa shape index (κ3) is 4.76. The molecule has 8 heteroatoms. The Morgan fingerprint density at radius 1 is 1.24 bits per heavy atom. The van der Waals surface area contributed by atoms with Gasteiger partial charge in [0.25, 0.3) is 0 Å². The molecule has 1 heterocycles. The van der Waals surface area contributed by atoms with Crippen molar-refractivity contribution < 1.29 is 22.3 Å². The maximum Gasteiger partial charge on any atom is 0.246 e. The fourth-order valence-electron chi connectivity index (χ4n) is 3.52. The number of hydrogen-bond donors (Lipinski definition) is 1. The molecule has 156 valence electrons. The van der Waals surface area contributed by atoms with E-state index < -0.39 is 21.8 Å². The van der Waals surface area contributed by atoms with Gasteiger partial charge in [-0.25, -0.2) is 12.8 Å². The number of sulfonamides is 1. The lowest BCUT2D eigenvalue weighted by Crippen LogP contribution is -2.45. The molecule has 6 nitrogen and oxygen atoms in total. The van der Waals surface area contributed by atoms with Gasteiger partial charge in [-0.05, 0) is 43.5 Å². The van der Waals surface area contributed by atoms with Gasteiger partial charge in [0.15, 0.2) is 0 Å². The number of carbonyl (C=O) groups excluding carboxylic acids is 1. The van der Waals surface area contributed by atoms with Crippen molar-refractivity contribution in [2.45, 2.75) is 30.7 Å². The summed E-state index contributed by atoms with van der Waals surface area (Å²) in [6.45, 7) is 2.22. The summed E-state index contributed by atoms with van der Waals surface area (Å²) in [6, 6.07) is 12.8. The summed E-state index contributed by atoms with van der Waals surface area (Å²) in [5.74, 6) is -1.24. The number of nitrogens with zero attached hydrogens (tertiary/aromatic N) is 1. The monoisotopic (exact) mass is 420 g/mol. The Balaban J connectivity index is 1.75. The SMILES string of the molecule is COc1ccc(F)cc1S(=O)(=O)N1CCC[C@@H](C(=O)N[C@H](C)c2ccccc2)C1. The van der Waals surface area contributed by atoms with Gasteiger partial charge in [0.05, 0.1) is 19.1 Å². The second-order valence-corrected chi connectivity index (χ2v) is 9.04. The molecule has 3 rings (SSSR count). The van der Waals surface area contributed by atoms with Gasteiger partial charge in [-0.15, -0.1) is 0 Å². The Labute approximate surface area is 170 Å². The van der Waals surface area contributed by atoms with Crippen LogP contribution >= 0.6 is 0 Å². The first-order valence-electron chi connectivity index (χ1n) is 9.52. The van der Waals surface area contributed by atoms with Crippen molar-refractivity contribution in [1.29, 1.82) is 0 Å². The molecule has 1 N–H and O–H groups in total. The molecule has 0 saturated carbocycles. The molecule has 1 fully saturated rings. The number of nitrogens with one attached hydrogen (secondary N) is 1. The van der Waals surface area contributed by atoms with E-state index in [0.717, 1.165) is 17.7 Å². The van der Waals surface area contributed by atoms with E-state index in [9.17, 15) is 17.6 Å². The summed E-state index contributed by atoms with van der Waals surface area (Å²) in [7, 11) is -2.65. The zero-order valence-corrected chi connectivity index (χ0v) is 17.3. The van der Waals surface area contributed by atoms with E-state index in [1.807, 2.05) is 37.3 Å². The molecule has 2 atom stereocenters. The quantitative estimate of drug-likeness (QED) is 0.779. The van der Waals surface area contributed by atoms with Crippen molar-refractivity contribution in [2.24, 2.45) is 5.92 Å². The van der Waals surface area contributed by atoms with Gasteiger partial charge >= 0.3 is 0 Å². The van der Waals surface area contributed by atoms with Crippen LogP contribution in [0.3, 0.4) is 0 Å². The molecule has 1 saturated heterocycles. The van der Waals surface area contributed by atoms with Crippen LogP contribution < -0.4 is 10.1 Å². The molecule has 1 aliphatic heterocycles. The molecular weight excluding hydrogens is 395 g/mol. The van der Waals surface area contributed by atoms with Crippen LogP contribution in [0, 0.1) is 11.7 Å². The average Bonchev–Trinajstić information content (AvgIpc) is 2.74. The Bertz CT molecular complexity index is 966. The largest absolute Gasteiger partial charge is 0.495 e. The summed E-state index contributed by atoms with van der Waals surface area (Å²) in [4.78, 5) is 12.5. The van der Waals surface area contributed by atoms with Gasteiger partial charge in [0, 0.05) is 13.1 Å². The normalized spacial score (nSPS) is 18.8. The van der Waals surface area contributed by atoms with Crippen LogP contribution in [0.25, 0.3) is 0 Å². The van der Waals surface area contributed by atoms with E-state index in [2.05, 4.69) is 5.32 Å². The van der Waals surface area contributed by atoms with E-state index in [-0.39, 0.29) is 35.7 Å². The molecule has 0 radical (unpaired) electrons. The molecule has 0 unspecified atom stereocenters. The van der Waals surface area contributed by atoms with Gasteiger partial charge in [0.2, 0.25) is 15.9 Å². The van der Waals surface area contributed by atoms with E-state index in [0.29, 0.717) is 12.8 Å². The Morgan fingerprint density at radius 2 is 1.97 bits per heavy atom. The van der Waals surface area contributed by atoms with Gasteiger partial charge in [-0.1, -0.05) is 30.3 Å². The van der Waals surface area contributed by atoms with Crippen molar-refractivity contribution in [3.8, 4) is 5.75 Å². The van der Waals surface area contributed by atoms with Crippen molar-refractivity contribution >= 4 is 15.9 Å². The predicted octanol–water partition coefficient (Wildman–Crippen LogP) is 3.11. The number of piperidine rings is 1. The lowest BCUT2D eigenvalue weighted by molar-refractivity contribution is -0.126. The van der Waals surface area contributed by atoms with Gasteiger partial charge in [-0.2, -0.15) is 4.31 Å². The molecule has 2 aromatic rings. The average molecular weight is 421 g/mol. The van der Waals surface area contributed by atoms with Crippen LogP contribution in [0.2, 0.25) is 0 Å². The van der Waals surface area contributed by atoms with Crippen molar-refractivity contribution in [3.05, 3.63) is 59.9 Å². The van der Waals surface area contributed by atoms with E-state index >= 15 is 0 Å². The highest BCUT2D eigenvalue weighted by Crippen LogP contribution is 2.30. The Kier molecular flexibility index (Phi) is 6.54. The first-order valence-corrected chi connectivity index (χ1v) is 11.0. The molecule has 2 aromatic carbocycles. The molecule has 0 bridgehead atoms. The van der Waals surface area contributed by atoms with Gasteiger partial charge in [0.1, 0.15) is 16.5 Å². The number of amides is 1. The summed E-state index contributed by atoms with van der Waals surface area (Å²) < 4.78 is 46.2. The number of carbonyl (C=O) groups is 1. The highest BCUT2D eigenvalue weighted by molar-refractivity contribution is 7.89. The lowest BCUT2D eigenvalue weighted by atomic mass is 9.98. The van der Waals surface area contributed by atoms with Crippen LogP contribution in [0.15, 0.2) is 53.4 Å². The summed E-state index contributed by atoms with van der Waals surface area (Å²) in [5.41, 5.74) is 0.977. The number of halogens is 1. The van der Waals surface area contributed by atoms with E-state index in [1.54, 1.807) is 0 Å². The molecule has 29 heavy (non-hydrogen) atoms. The number of ether oxygens (including phenoxy) is 1. The molecule has 1 aliphatic rings. The lowest BCUT2D eigenvalue weighted by Gasteiger charge is -2.32. The first-order chi connectivity index (χ1) is 13.8. The molecule has 0 aromatic heterocycles. The van der Waals surface area contributed by atoms with Crippen molar-refractivity contribution in [1.82, 2.24) is 9.62 Å². The van der Waals surface area contributed by atoms with Gasteiger partial charge < -0.3 is 10.1 Å². The summed E-state index contributed by atoms with van der Waals surface area (Å²) in [6.07, 6.45) is 1.15. The highest BCUT2D eigenvalue weighted by atomic mass is 32.2. The third-order valence-corrected chi connectivity index (χ3v) is 7.04. The topological polar surface area (TPSA) is 75.7 Å². The minimum Gasteiger partial charge on any atom is -0.495 e. The third-order valence-electron chi connectivity index (χ3n) is 5.16. The zero-order valence-electron chi connectivity index (χ0n) is 16.5. The fraction of sp³-hybridized carbons (Fsp3) is 0.381.